The predicted molar refractivity (Wildman–Crippen MR) is 97.0 cm³/mol. The van der Waals surface area contributed by atoms with Gasteiger partial charge in [0.2, 0.25) is 0 Å². The van der Waals surface area contributed by atoms with Gasteiger partial charge in [0, 0.05) is 47.3 Å². The average molecular weight is 326 g/mol. The van der Waals surface area contributed by atoms with E-state index in [-0.39, 0.29) is 5.41 Å². The lowest BCUT2D eigenvalue weighted by Crippen LogP contribution is -2.19. The molecule has 0 aromatic carbocycles. The molecule has 0 N–H and O–H groups in total. The lowest BCUT2D eigenvalue weighted by Gasteiger charge is -2.31. The average Bonchev–Trinajstić information content (AvgIpc) is 2.61. The summed E-state index contributed by atoms with van der Waals surface area (Å²) in [5.41, 5.74) is 3.34. The van der Waals surface area contributed by atoms with Crippen LogP contribution in [0.4, 0.5) is 0 Å². The summed E-state index contributed by atoms with van der Waals surface area (Å²) in [5, 5.41) is 0.554. The third-order valence-corrected chi connectivity index (χ3v) is 6.87. The maximum atomic E-state index is 5.23. The zero-order chi connectivity index (χ0) is 15.3. The van der Waals surface area contributed by atoms with Crippen LogP contribution in [0.5, 0.6) is 0 Å². The largest absolute Gasteiger partial charge is 0.374 e. The smallest absolute Gasteiger partial charge is 0.0922 e. The molecule has 0 spiro atoms. The molecular weight excluding hydrogens is 298 g/mol. The van der Waals surface area contributed by atoms with Gasteiger partial charge >= 0.3 is 0 Å². The molecule has 1 heterocycles. The van der Waals surface area contributed by atoms with Gasteiger partial charge in [-0.2, -0.15) is 0 Å². The second kappa shape index (κ2) is 7.89. The van der Waals surface area contributed by atoms with E-state index in [9.17, 15) is 0 Å². The van der Waals surface area contributed by atoms with E-state index in [0.29, 0.717) is 5.25 Å². The molecule has 0 aromatic rings. The molecule has 2 nitrogen and oxygen atoms in total. The number of hydrogen-bond donors (Lipinski definition) is 0. The van der Waals surface area contributed by atoms with Crippen molar-refractivity contribution in [3.8, 4) is 0 Å². The summed E-state index contributed by atoms with van der Waals surface area (Å²) in [4.78, 5) is 1.50. The van der Waals surface area contributed by atoms with Gasteiger partial charge in [0.1, 0.15) is 0 Å². The van der Waals surface area contributed by atoms with E-state index in [2.05, 4.69) is 37.5 Å². The van der Waals surface area contributed by atoms with Gasteiger partial charge in [0.05, 0.1) is 5.94 Å². The van der Waals surface area contributed by atoms with E-state index in [0.717, 1.165) is 18.8 Å². The van der Waals surface area contributed by atoms with Crippen LogP contribution in [0, 0.1) is 5.41 Å². The van der Waals surface area contributed by atoms with Crippen molar-refractivity contribution < 1.29 is 4.74 Å². The van der Waals surface area contributed by atoms with Gasteiger partial charge in [-0.1, -0.05) is 38.0 Å². The minimum atomic E-state index is 0.134. The van der Waals surface area contributed by atoms with Crippen LogP contribution in [0.1, 0.15) is 52.9 Å². The Bertz CT molecular complexity index is 452. The molecule has 118 valence electrons. The monoisotopic (exact) mass is 325 g/mol. The van der Waals surface area contributed by atoms with Crippen LogP contribution in [-0.4, -0.2) is 24.5 Å². The molecule has 1 aliphatic heterocycles. The third-order valence-electron chi connectivity index (χ3n) is 4.36. The van der Waals surface area contributed by atoms with Crippen molar-refractivity contribution in [2.45, 2.75) is 58.1 Å². The fourth-order valence-corrected chi connectivity index (χ4v) is 4.81. The molecule has 2 aliphatic rings. The minimum absolute atomic E-state index is 0.134. The Labute approximate surface area is 138 Å². The van der Waals surface area contributed by atoms with Crippen LogP contribution in [0.25, 0.3) is 0 Å². The van der Waals surface area contributed by atoms with Crippen molar-refractivity contribution in [2.24, 2.45) is 9.81 Å². The lowest BCUT2D eigenvalue weighted by molar-refractivity contribution is 0.258. The first kappa shape index (κ1) is 17.2. The Kier molecular flexibility index (Phi) is 6.45. The van der Waals surface area contributed by atoms with E-state index in [1.807, 2.05) is 11.8 Å². The van der Waals surface area contributed by atoms with Crippen LogP contribution < -0.4 is 0 Å². The molecule has 1 atom stereocenters. The van der Waals surface area contributed by atoms with E-state index < -0.39 is 0 Å². The molecule has 21 heavy (non-hydrogen) atoms. The summed E-state index contributed by atoms with van der Waals surface area (Å²) in [7, 11) is 1.77. The third kappa shape index (κ3) is 4.17. The van der Waals surface area contributed by atoms with Gasteiger partial charge < -0.3 is 4.74 Å². The maximum absolute atomic E-state index is 5.23. The molecule has 0 saturated heterocycles. The highest BCUT2D eigenvalue weighted by Crippen LogP contribution is 2.50. The predicted octanol–water partition coefficient (Wildman–Crippen LogP) is 5.62. The zero-order valence-electron chi connectivity index (χ0n) is 13.6. The van der Waals surface area contributed by atoms with E-state index in [1.165, 1.54) is 24.2 Å². The highest BCUT2D eigenvalue weighted by molar-refractivity contribution is 8.02. The standard InChI is InChI=1S/C17H27NOS2/c1-5-15(20-12-19-4)11-14-8-6-7-13-9-10-18-21-16(13)17(14,2)3/h10-11,15H,5-9,12H2,1-4H3/b14-11-. The molecule has 0 aromatic heterocycles. The van der Waals surface area contributed by atoms with Gasteiger partial charge in [-0.05, 0) is 25.7 Å². The van der Waals surface area contributed by atoms with Crippen LogP contribution in [0.15, 0.2) is 26.5 Å². The van der Waals surface area contributed by atoms with E-state index >= 15 is 0 Å². The molecule has 4 heteroatoms. The second-order valence-electron chi connectivity index (χ2n) is 6.21. The Morgan fingerprint density at radius 2 is 2.29 bits per heavy atom. The first-order chi connectivity index (χ1) is 10.1. The Morgan fingerprint density at radius 3 is 3.00 bits per heavy atom. The lowest BCUT2D eigenvalue weighted by atomic mass is 9.81. The molecule has 1 unspecified atom stereocenters. The van der Waals surface area contributed by atoms with Crippen molar-refractivity contribution in [1.82, 2.24) is 0 Å². The molecule has 2 rings (SSSR count). The van der Waals surface area contributed by atoms with Crippen molar-refractivity contribution in [2.75, 3.05) is 13.0 Å². The highest BCUT2D eigenvalue weighted by Gasteiger charge is 2.34. The van der Waals surface area contributed by atoms with Gasteiger partial charge in [0.25, 0.3) is 0 Å². The Balaban J connectivity index is 2.24. The Hall–Kier alpha value is -0.190. The summed E-state index contributed by atoms with van der Waals surface area (Å²) in [6.45, 7) is 7.01. The summed E-state index contributed by atoms with van der Waals surface area (Å²) in [6, 6.07) is 0. The van der Waals surface area contributed by atoms with Crippen LogP contribution in [-0.2, 0) is 4.74 Å². The van der Waals surface area contributed by atoms with Gasteiger partial charge in [-0.15, -0.1) is 11.8 Å². The number of methoxy groups -OCH3 is 1. The van der Waals surface area contributed by atoms with Crippen molar-refractivity contribution in [1.29, 1.82) is 0 Å². The van der Waals surface area contributed by atoms with Crippen LogP contribution in [0.2, 0.25) is 0 Å². The number of rotatable bonds is 5. The molecule has 1 aliphatic carbocycles. The second-order valence-corrected chi connectivity index (χ2v) is 8.18. The van der Waals surface area contributed by atoms with Crippen molar-refractivity contribution in [3.63, 3.8) is 0 Å². The zero-order valence-corrected chi connectivity index (χ0v) is 15.3. The van der Waals surface area contributed by atoms with E-state index in [1.54, 1.807) is 30.2 Å². The maximum Gasteiger partial charge on any atom is 0.0922 e. The first-order valence-corrected chi connectivity index (χ1v) is 9.64. The molecule has 0 bridgehead atoms. The van der Waals surface area contributed by atoms with Crippen LogP contribution in [0.3, 0.4) is 0 Å². The quantitative estimate of drug-likeness (QED) is 0.372. The summed E-state index contributed by atoms with van der Waals surface area (Å²) in [5.74, 6) is 0.774. The minimum Gasteiger partial charge on any atom is -0.374 e. The summed E-state index contributed by atoms with van der Waals surface area (Å²) >= 11 is 3.60. The fourth-order valence-electron chi connectivity index (χ4n) is 3.07. The number of allylic oxidation sites excluding steroid dienone is 3. The molecule has 0 fully saturated rings. The molecule has 0 saturated carbocycles. The normalized spacial score (nSPS) is 24.9. The van der Waals surface area contributed by atoms with Crippen molar-refractivity contribution in [3.05, 3.63) is 22.1 Å². The van der Waals surface area contributed by atoms with Gasteiger partial charge in [0.15, 0.2) is 0 Å². The number of ether oxygens (including phenoxy) is 1. The topological polar surface area (TPSA) is 21.6 Å². The molecule has 0 radical (unpaired) electrons. The first-order valence-electron chi connectivity index (χ1n) is 7.82. The van der Waals surface area contributed by atoms with Gasteiger partial charge in [-0.3, -0.25) is 0 Å². The Morgan fingerprint density at radius 1 is 1.48 bits per heavy atom. The van der Waals surface area contributed by atoms with Gasteiger partial charge in [-0.25, -0.2) is 4.40 Å². The SMILES string of the molecule is CCC(/C=C1/CCCC2=C(SN=CC2)C1(C)C)SCOC. The van der Waals surface area contributed by atoms with E-state index in [4.69, 9.17) is 4.74 Å². The van der Waals surface area contributed by atoms with Crippen LogP contribution >= 0.6 is 23.7 Å². The highest BCUT2D eigenvalue weighted by atomic mass is 32.2. The summed E-state index contributed by atoms with van der Waals surface area (Å²) < 4.78 is 9.69. The number of nitrogens with zero attached hydrogens (tertiary/aromatic N) is 1. The molecule has 0 amide bonds. The fraction of sp³-hybridized carbons (Fsp3) is 0.706. The summed E-state index contributed by atoms with van der Waals surface area (Å²) in [6.07, 6.45) is 10.5. The number of hydrogen-bond acceptors (Lipinski definition) is 4. The number of thioether (sulfide) groups is 1. The molecular formula is C17H27NOS2. The van der Waals surface area contributed by atoms with Crippen molar-refractivity contribution >= 4 is 29.9 Å².